The van der Waals surface area contributed by atoms with Crippen molar-refractivity contribution in [2.75, 3.05) is 38.7 Å². The van der Waals surface area contributed by atoms with Crippen molar-refractivity contribution in [2.45, 2.75) is 71.1 Å². The summed E-state index contributed by atoms with van der Waals surface area (Å²) in [5.74, 6) is -0.254. The van der Waals surface area contributed by atoms with Gasteiger partial charge in [-0.15, -0.1) is 0 Å². The summed E-state index contributed by atoms with van der Waals surface area (Å²) >= 11 is 0. The number of rotatable bonds is 9. The number of nitrogens with one attached hydrogen (secondary N) is 1. The lowest BCUT2D eigenvalue weighted by molar-refractivity contribution is -0.131. The first-order valence-corrected chi connectivity index (χ1v) is 16.6. The predicted octanol–water partition coefficient (Wildman–Crippen LogP) is 5.36. The van der Waals surface area contributed by atoms with Crippen molar-refractivity contribution < 1.29 is 29.0 Å². The second-order valence-corrected chi connectivity index (χ2v) is 12.7. The maximum Gasteiger partial charge on any atom is 0.258 e. The van der Waals surface area contributed by atoms with Crippen LogP contribution in [0.5, 0.6) is 5.75 Å². The van der Waals surface area contributed by atoms with E-state index in [0.717, 1.165) is 30.4 Å². The molecule has 1 aliphatic heterocycles. The highest BCUT2D eigenvalue weighted by Crippen LogP contribution is 2.28. The Balaban J connectivity index is 1.58. The zero-order chi connectivity index (χ0) is 33.8. The van der Waals surface area contributed by atoms with Gasteiger partial charge >= 0.3 is 0 Å². The Morgan fingerprint density at radius 2 is 1.64 bits per heavy atom. The minimum atomic E-state index is -0.502. The van der Waals surface area contributed by atoms with E-state index in [-0.39, 0.29) is 55.4 Å². The summed E-state index contributed by atoms with van der Waals surface area (Å²) in [7, 11) is 1.79. The van der Waals surface area contributed by atoms with E-state index in [1.165, 1.54) is 0 Å². The number of anilines is 1. The van der Waals surface area contributed by atoms with Crippen LogP contribution in [0.1, 0.15) is 61.5 Å². The summed E-state index contributed by atoms with van der Waals surface area (Å²) < 4.78 is 12.7. The zero-order valence-corrected chi connectivity index (χ0v) is 28.1. The first kappa shape index (κ1) is 35.6. The van der Waals surface area contributed by atoms with Crippen LogP contribution in [0.4, 0.5) is 5.69 Å². The molecule has 0 aliphatic carbocycles. The number of carbonyl (C=O) groups excluding carboxylic acids is 3. The zero-order valence-electron chi connectivity index (χ0n) is 28.1. The van der Waals surface area contributed by atoms with E-state index in [0.29, 0.717) is 36.6 Å². The lowest BCUT2D eigenvalue weighted by Gasteiger charge is -2.36. The molecular formula is C38H49N3O6. The van der Waals surface area contributed by atoms with E-state index < -0.39 is 6.04 Å². The maximum atomic E-state index is 14.3. The Morgan fingerprint density at radius 3 is 2.30 bits per heavy atom. The first-order chi connectivity index (χ1) is 22.6. The molecule has 0 bridgehead atoms. The van der Waals surface area contributed by atoms with Gasteiger partial charge in [0.05, 0.1) is 43.3 Å². The number of carbonyl (C=O) groups is 3. The first-order valence-electron chi connectivity index (χ1n) is 16.6. The monoisotopic (exact) mass is 643 g/mol. The van der Waals surface area contributed by atoms with Gasteiger partial charge in [0.1, 0.15) is 5.75 Å². The van der Waals surface area contributed by atoms with Crippen LogP contribution < -0.4 is 10.1 Å². The summed E-state index contributed by atoms with van der Waals surface area (Å²) in [6.07, 6.45) is 2.46. The number of fused-ring (bicyclic) bond motifs is 1. The fourth-order valence-electron chi connectivity index (χ4n) is 5.73. The van der Waals surface area contributed by atoms with Crippen molar-refractivity contribution in [1.29, 1.82) is 0 Å². The van der Waals surface area contributed by atoms with Crippen molar-refractivity contribution in [3.63, 3.8) is 0 Å². The Bertz CT molecular complexity index is 1450. The third-order valence-corrected chi connectivity index (χ3v) is 8.62. The quantitative estimate of drug-likeness (QED) is 0.325. The second kappa shape index (κ2) is 17.6. The number of hydrogen-bond acceptors (Lipinski definition) is 6. The van der Waals surface area contributed by atoms with E-state index >= 15 is 0 Å². The molecule has 0 aromatic heterocycles. The molecule has 3 amide bonds. The van der Waals surface area contributed by atoms with Crippen LogP contribution in [0, 0.1) is 5.92 Å². The van der Waals surface area contributed by atoms with Gasteiger partial charge in [0.2, 0.25) is 11.8 Å². The van der Waals surface area contributed by atoms with Gasteiger partial charge in [-0.2, -0.15) is 0 Å². The molecular weight excluding hydrogens is 594 g/mol. The average Bonchev–Trinajstić information content (AvgIpc) is 3.06. The maximum absolute atomic E-state index is 14.3. The summed E-state index contributed by atoms with van der Waals surface area (Å²) in [6, 6.07) is 23.8. The van der Waals surface area contributed by atoms with Crippen molar-refractivity contribution in [3.8, 4) is 5.75 Å². The SMILES string of the molecule is C[C@@H]1CCCCO[C@@H](CN(C)C(=O)Cc2ccccc2)[C@H](C)CN([C@@H](C)CO)C(=O)c2cc(NC(=O)Cc3ccccc3)ccc2O1. The van der Waals surface area contributed by atoms with Crippen LogP contribution in [-0.4, -0.2) is 84.2 Å². The highest BCUT2D eigenvalue weighted by molar-refractivity contribution is 6.00. The summed E-state index contributed by atoms with van der Waals surface area (Å²) in [5.41, 5.74) is 2.63. The Hall–Kier alpha value is -4.21. The molecule has 0 unspecified atom stereocenters. The lowest BCUT2D eigenvalue weighted by atomic mass is 10.0. The van der Waals surface area contributed by atoms with Gasteiger partial charge in [-0.25, -0.2) is 0 Å². The molecule has 0 spiro atoms. The Kier molecular flexibility index (Phi) is 13.4. The minimum absolute atomic E-state index is 0.00944. The van der Waals surface area contributed by atoms with Gasteiger partial charge in [-0.3, -0.25) is 14.4 Å². The van der Waals surface area contributed by atoms with Gasteiger partial charge in [-0.1, -0.05) is 67.6 Å². The van der Waals surface area contributed by atoms with Gasteiger partial charge in [0.15, 0.2) is 0 Å². The smallest absolute Gasteiger partial charge is 0.258 e. The van der Waals surface area contributed by atoms with Crippen LogP contribution in [-0.2, 0) is 27.2 Å². The second-order valence-electron chi connectivity index (χ2n) is 12.7. The minimum Gasteiger partial charge on any atom is -0.490 e. The highest BCUT2D eigenvalue weighted by Gasteiger charge is 2.31. The molecule has 0 saturated heterocycles. The number of likely N-dealkylation sites (N-methyl/N-ethyl adjacent to an activating group) is 1. The van der Waals surface area contributed by atoms with Crippen LogP contribution >= 0.6 is 0 Å². The van der Waals surface area contributed by atoms with Gasteiger partial charge in [0.25, 0.3) is 5.91 Å². The molecule has 47 heavy (non-hydrogen) atoms. The molecule has 4 atom stereocenters. The molecule has 1 heterocycles. The normalized spacial score (nSPS) is 19.9. The van der Waals surface area contributed by atoms with Crippen LogP contribution in [0.3, 0.4) is 0 Å². The molecule has 1 aliphatic rings. The standard InChI is InChI=1S/C38H49N3O6/c1-27-24-41(28(2)26-42)38(45)33-23-32(39-36(43)21-30-14-7-5-8-15-30)18-19-34(33)47-29(3)13-11-12-20-46-35(27)25-40(4)37(44)22-31-16-9-6-10-17-31/h5-10,14-19,23,27-29,35,42H,11-13,20-22,24-26H2,1-4H3,(H,39,43)/t27-,28+,29-,35+/m1/s1. The molecule has 252 valence electrons. The van der Waals surface area contributed by atoms with Crippen molar-refractivity contribution in [2.24, 2.45) is 5.92 Å². The van der Waals surface area contributed by atoms with E-state index in [1.54, 1.807) is 42.0 Å². The third-order valence-electron chi connectivity index (χ3n) is 8.62. The number of amides is 3. The molecule has 0 saturated carbocycles. The number of aliphatic hydroxyl groups is 1. The Labute approximate surface area is 278 Å². The molecule has 3 aromatic rings. The van der Waals surface area contributed by atoms with Gasteiger partial charge in [-0.05, 0) is 62.4 Å². The number of aliphatic hydroxyl groups excluding tert-OH is 1. The fraction of sp³-hybridized carbons (Fsp3) is 0.447. The van der Waals surface area contributed by atoms with Crippen LogP contribution in [0.2, 0.25) is 0 Å². The van der Waals surface area contributed by atoms with Crippen LogP contribution in [0.15, 0.2) is 78.9 Å². The summed E-state index contributed by atoms with van der Waals surface area (Å²) in [4.78, 5) is 43.7. The highest BCUT2D eigenvalue weighted by atomic mass is 16.5. The largest absolute Gasteiger partial charge is 0.490 e. The molecule has 0 fully saturated rings. The van der Waals surface area contributed by atoms with E-state index in [4.69, 9.17) is 9.47 Å². The molecule has 4 rings (SSSR count). The molecule has 9 nitrogen and oxygen atoms in total. The number of benzene rings is 3. The molecule has 2 N–H and O–H groups in total. The van der Waals surface area contributed by atoms with E-state index in [1.807, 2.05) is 74.5 Å². The Morgan fingerprint density at radius 1 is 0.979 bits per heavy atom. The lowest BCUT2D eigenvalue weighted by Crippen LogP contribution is -2.48. The third kappa shape index (κ3) is 10.7. The van der Waals surface area contributed by atoms with Crippen molar-refractivity contribution >= 4 is 23.4 Å². The number of hydrogen-bond donors (Lipinski definition) is 2. The van der Waals surface area contributed by atoms with Crippen LogP contribution in [0.25, 0.3) is 0 Å². The fourth-order valence-corrected chi connectivity index (χ4v) is 5.73. The molecule has 3 aromatic carbocycles. The van der Waals surface area contributed by atoms with E-state index in [9.17, 15) is 19.5 Å². The molecule has 9 heteroatoms. The van der Waals surface area contributed by atoms with Gasteiger partial charge in [0, 0.05) is 38.3 Å². The van der Waals surface area contributed by atoms with Crippen molar-refractivity contribution in [1.82, 2.24) is 9.80 Å². The predicted molar refractivity (Wildman–Crippen MR) is 183 cm³/mol. The van der Waals surface area contributed by atoms with Crippen molar-refractivity contribution in [3.05, 3.63) is 95.6 Å². The average molecular weight is 644 g/mol. The molecule has 0 radical (unpaired) electrons. The number of ether oxygens (including phenoxy) is 2. The number of nitrogens with zero attached hydrogens (tertiary/aromatic N) is 2. The topological polar surface area (TPSA) is 108 Å². The summed E-state index contributed by atoms with van der Waals surface area (Å²) in [5, 5.41) is 13.2. The van der Waals surface area contributed by atoms with Gasteiger partial charge < -0.3 is 29.7 Å². The summed E-state index contributed by atoms with van der Waals surface area (Å²) in [6.45, 7) is 6.72. The van der Waals surface area contributed by atoms with E-state index in [2.05, 4.69) is 5.32 Å².